The molecule has 2 amide bonds. The largest absolute Gasteiger partial charge is 0.491 e. The van der Waals surface area contributed by atoms with Crippen molar-refractivity contribution >= 4 is 17.7 Å². The number of hydrogen-bond acceptors (Lipinski definition) is 8. The molecule has 0 saturated carbocycles. The Labute approximate surface area is 191 Å². The van der Waals surface area contributed by atoms with E-state index in [0.29, 0.717) is 22.6 Å². The quantitative estimate of drug-likeness (QED) is 0.229. The van der Waals surface area contributed by atoms with Crippen LogP contribution in [0.5, 0.6) is 5.75 Å². The number of aliphatic hydroxyl groups is 1. The van der Waals surface area contributed by atoms with Gasteiger partial charge in [-0.3, -0.25) is 15.3 Å². The summed E-state index contributed by atoms with van der Waals surface area (Å²) in [6.45, 7) is 2.00. The van der Waals surface area contributed by atoms with Gasteiger partial charge in [0.1, 0.15) is 18.5 Å². The number of nitriles is 1. The van der Waals surface area contributed by atoms with Crippen molar-refractivity contribution in [2.45, 2.75) is 19.1 Å². The normalized spacial score (nSPS) is 12.4. The number of rotatable bonds is 11. The molecule has 0 saturated heterocycles. The van der Waals surface area contributed by atoms with Crippen molar-refractivity contribution in [2.24, 2.45) is 0 Å². The van der Waals surface area contributed by atoms with Crippen molar-refractivity contribution in [1.29, 1.82) is 5.26 Å². The van der Waals surface area contributed by atoms with Crippen molar-refractivity contribution in [3.63, 3.8) is 0 Å². The number of nitrogens with one attached hydrogen (secondary N) is 2. The van der Waals surface area contributed by atoms with E-state index >= 15 is 0 Å². The molecule has 0 fully saturated rings. The van der Waals surface area contributed by atoms with Crippen molar-refractivity contribution in [3.05, 3.63) is 71.8 Å². The average Bonchev–Trinajstić information content (AvgIpc) is 2.84. The molecular formula is C23H25N3O7. The van der Waals surface area contributed by atoms with Gasteiger partial charge >= 0.3 is 6.09 Å². The van der Waals surface area contributed by atoms with Crippen LogP contribution in [0.4, 0.5) is 10.5 Å². The van der Waals surface area contributed by atoms with Crippen LogP contribution in [0.3, 0.4) is 0 Å². The number of ether oxygens (including phenoxy) is 3. The van der Waals surface area contributed by atoms with Crippen molar-refractivity contribution in [1.82, 2.24) is 5.48 Å². The molecule has 0 radical (unpaired) electrons. The summed E-state index contributed by atoms with van der Waals surface area (Å²) >= 11 is 0. The molecule has 0 heterocycles. The lowest BCUT2D eigenvalue weighted by molar-refractivity contribution is -0.124. The molecule has 174 valence electrons. The maximum atomic E-state index is 12.6. The third kappa shape index (κ3) is 8.27. The van der Waals surface area contributed by atoms with Gasteiger partial charge in [-0.2, -0.15) is 5.26 Å². The molecule has 2 atom stereocenters. The van der Waals surface area contributed by atoms with Crippen LogP contribution in [-0.4, -0.2) is 48.2 Å². The molecule has 0 aliphatic rings. The Bertz CT molecular complexity index is 969. The van der Waals surface area contributed by atoms with Gasteiger partial charge in [0.25, 0.3) is 5.91 Å². The lowest BCUT2D eigenvalue weighted by atomic mass is 10.0. The molecule has 0 unspecified atom stereocenters. The highest BCUT2D eigenvalue weighted by atomic mass is 16.6. The van der Waals surface area contributed by atoms with E-state index in [1.54, 1.807) is 55.5 Å². The van der Waals surface area contributed by atoms with Gasteiger partial charge in [-0.15, -0.1) is 0 Å². The standard InChI is InChI=1S/C23H25N3O7/c1-2-31-20(11-12-21(28)26-30)22(17-5-9-19(10-6-17)32-14-13-27)33-23(29)25-18-7-3-16(15-24)4-8-18/h3-12,20,22,27,30H,2,13-14H2,1H3,(H,25,29)(H,26,28)/b12-11+/t20-,22-/m0/s1. The maximum absolute atomic E-state index is 12.6. The third-order valence-electron chi connectivity index (χ3n) is 4.27. The average molecular weight is 455 g/mol. The Morgan fingerprint density at radius 2 is 1.85 bits per heavy atom. The molecule has 0 aromatic heterocycles. The fourth-order valence-corrected chi connectivity index (χ4v) is 2.79. The number of nitrogens with zero attached hydrogens (tertiary/aromatic N) is 1. The molecule has 0 spiro atoms. The minimum absolute atomic E-state index is 0.132. The monoisotopic (exact) mass is 455 g/mol. The van der Waals surface area contributed by atoms with Gasteiger partial charge in [-0.05, 0) is 55.0 Å². The smallest absolute Gasteiger partial charge is 0.412 e. The number of aliphatic hydroxyl groups excluding tert-OH is 1. The molecular weight excluding hydrogens is 430 g/mol. The Morgan fingerprint density at radius 3 is 2.42 bits per heavy atom. The number of hydrogen-bond donors (Lipinski definition) is 4. The number of benzene rings is 2. The van der Waals surface area contributed by atoms with Crippen LogP contribution in [0.15, 0.2) is 60.7 Å². The van der Waals surface area contributed by atoms with Crippen LogP contribution in [0, 0.1) is 11.3 Å². The first-order valence-corrected chi connectivity index (χ1v) is 10.1. The topological polar surface area (TPSA) is 150 Å². The summed E-state index contributed by atoms with van der Waals surface area (Å²) in [6.07, 6.45) is -0.171. The van der Waals surface area contributed by atoms with Gasteiger partial charge in [0.2, 0.25) is 0 Å². The molecule has 0 aliphatic heterocycles. The molecule has 0 aliphatic carbocycles. The zero-order valence-corrected chi connectivity index (χ0v) is 17.9. The van der Waals surface area contributed by atoms with Crippen LogP contribution < -0.4 is 15.5 Å². The second kappa shape index (κ2) is 13.5. The van der Waals surface area contributed by atoms with Gasteiger partial charge in [-0.1, -0.05) is 12.1 Å². The second-order valence-corrected chi connectivity index (χ2v) is 6.54. The maximum Gasteiger partial charge on any atom is 0.412 e. The summed E-state index contributed by atoms with van der Waals surface area (Å²) in [6, 6.07) is 14.8. The van der Waals surface area contributed by atoms with E-state index in [4.69, 9.17) is 29.8 Å². The SMILES string of the molecule is CCO[C@@H](/C=C/C(=O)NO)[C@@H](OC(=O)Nc1ccc(C#N)cc1)c1ccc(OCCO)cc1. The Morgan fingerprint density at radius 1 is 1.15 bits per heavy atom. The highest BCUT2D eigenvalue weighted by Gasteiger charge is 2.26. The van der Waals surface area contributed by atoms with Gasteiger partial charge in [0.15, 0.2) is 6.10 Å². The van der Waals surface area contributed by atoms with Crippen molar-refractivity contribution < 1.29 is 34.1 Å². The zero-order chi connectivity index (χ0) is 24.1. The zero-order valence-electron chi connectivity index (χ0n) is 17.9. The lowest BCUT2D eigenvalue weighted by Crippen LogP contribution is -2.28. The molecule has 2 aromatic rings. The number of anilines is 1. The lowest BCUT2D eigenvalue weighted by Gasteiger charge is -2.25. The summed E-state index contributed by atoms with van der Waals surface area (Å²) in [5, 5.41) is 29.1. The first-order valence-electron chi connectivity index (χ1n) is 10.1. The highest BCUT2D eigenvalue weighted by molar-refractivity contribution is 5.86. The number of hydroxylamine groups is 1. The minimum atomic E-state index is -0.960. The van der Waals surface area contributed by atoms with Crippen LogP contribution in [-0.2, 0) is 14.3 Å². The second-order valence-electron chi connectivity index (χ2n) is 6.54. The fraction of sp³-hybridized carbons (Fsp3) is 0.261. The van der Waals surface area contributed by atoms with Gasteiger partial charge in [0, 0.05) is 18.4 Å². The number of carbonyl (C=O) groups is 2. The molecule has 10 nitrogen and oxygen atoms in total. The molecule has 2 rings (SSSR count). The Hall–Kier alpha value is -3.91. The van der Waals surface area contributed by atoms with E-state index < -0.39 is 24.2 Å². The first-order chi connectivity index (χ1) is 16.0. The van der Waals surface area contributed by atoms with Gasteiger partial charge in [-0.25, -0.2) is 10.3 Å². The van der Waals surface area contributed by atoms with Crippen LogP contribution in [0.25, 0.3) is 0 Å². The number of carbonyl (C=O) groups excluding carboxylic acids is 2. The van der Waals surface area contributed by atoms with E-state index in [2.05, 4.69) is 5.32 Å². The van der Waals surface area contributed by atoms with E-state index in [-0.39, 0.29) is 19.8 Å². The van der Waals surface area contributed by atoms with Crippen LogP contribution in [0.1, 0.15) is 24.2 Å². The number of amides is 2. The van der Waals surface area contributed by atoms with Gasteiger partial charge in [0.05, 0.1) is 18.2 Å². The van der Waals surface area contributed by atoms with Crippen molar-refractivity contribution in [3.8, 4) is 11.8 Å². The van der Waals surface area contributed by atoms with Crippen LogP contribution in [0.2, 0.25) is 0 Å². The predicted octanol–water partition coefficient (Wildman–Crippen LogP) is 2.69. The predicted molar refractivity (Wildman–Crippen MR) is 118 cm³/mol. The van der Waals surface area contributed by atoms with E-state index in [0.717, 1.165) is 6.08 Å². The molecule has 10 heteroatoms. The summed E-state index contributed by atoms with van der Waals surface area (Å²) in [5.41, 5.74) is 2.91. The minimum Gasteiger partial charge on any atom is -0.491 e. The van der Waals surface area contributed by atoms with Gasteiger partial charge < -0.3 is 19.3 Å². The molecule has 0 bridgehead atoms. The Kier molecular flexibility index (Phi) is 10.4. The highest BCUT2D eigenvalue weighted by Crippen LogP contribution is 2.27. The molecule has 2 aromatic carbocycles. The summed E-state index contributed by atoms with van der Waals surface area (Å²) in [4.78, 5) is 24.1. The van der Waals surface area contributed by atoms with E-state index in [1.807, 2.05) is 6.07 Å². The summed E-state index contributed by atoms with van der Waals surface area (Å²) in [5.74, 6) is -0.259. The fourth-order valence-electron chi connectivity index (χ4n) is 2.79. The summed E-state index contributed by atoms with van der Waals surface area (Å²) in [7, 11) is 0. The Balaban J connectivity index is 2.27. The first kappa shape index (κ1) is 25.4. The van der Waals surface area contributed by atoms with E-state index in [1.165, 1.54) is 11.6 Å². The molecule has 33 heavy (non-hydrogen) atoms. The van der Waals surface area contributed by atoms with Crippen LogP contribution >= 0.6 is 0 Å². The van der Waals surface area contributed by atoms with Crippen molar-refractivity contribution in [2.75, 3.05) is 25.1 Å². The summed E-state index contributed by atoms with van der Waals surface area (Å²) < 4.78 is 16.7. The van der Waals surface area contributed by atoms with E-state index in [9.17, 15) is 9.59 Å². The molecule has 4 N–H and O–H groups in total. The third-order valence-corrected chi connectivity index (χ3v) is 4.27.